The first-order chi connectivity index (χ1) is 12.1. The molecule has 0 unspecified atom stereocenters. The number of hydrogen-bond acceptors (Lipinski definition) is 3. The lowest BCUT2D eigenvalue weighted by molar-refractivity contribution is -0.121. The van der Waals surface area contributed by atoms with Gasteiger partial charge in [-0.2, -0.15) is 8.78 Å². The van der Waals surface area contributed by atoms with E-state index >= 15 is 0 Å². The Bertz CT molecular complexity index is 640. The molecule has 0 radical (unpaired) electrons. The summed E-state index contributed by atoms with van der Waals surface area (Å²) in [7, 11) is 0. The molecule has 0 spiro atoms. The maximum atomic E-state index is 12.5. The van der Waals surface area contributed by atoms with E-state index in [9.17, 15) is 13.6 Å². The topological polar surface area (TPSA) is 74.8 Å². The standard InChI is InChI=1S/C17H25ClF2N4O2.HI/c1-5-21-16(23-10-14(25)24-17(2,3)4)22-9-11-8-12(18)6-7-13(11)26-15(19)20;/h6-8,15H,5,9-10H2,1-4H3,(H,24,25)(H2,21,22,23);1H. The van der Waals surface area contributed by atoms with Crippen molar-refractivity contribution in [3.63, 3.8) is 0 Å². The number of amides is 1. The molecule has 0 saturated carbocycles. The number of nitrogens with one attached hydrogen (secondary N) is 3. The number of alkyl halides is 2. The van der Waals surface area contributed by atoms with Crippen molar-refractivity contribution in [2.45, 2.75) is 46.4 Å². The molecule has 3 N–H and O–H groups in total. The highest BCUT2D eigenvalue weighted by molar-refractivity contribution is 14.0. The lowest BCUT2D eigenvalue weighted by Crippen LogP contribution is -2.48. The van der Waals surface area contributed by atoms with Gasteiger partial charge in [0.05, 0.1) is 13.1 Å². The molecule has 0 fully saturated rings. The van der Waals surface area contributed by atoms with Gasteiger partial charge in [-0.25, -0.2) is 4.99 Å². The second-order valence-corrected chi connectivity index (χ2v) is 6.91. The first-order valence-electron chi connectivity index (χ1n) is 8.17. The Labute approximate surface area is 180 Å². The predicted molar refractivity (Wildman–Crippen MR) is 114 cm³/mol. The van der Waals surface area contributed by atoms with Gasteiger partial charge in [0.1, 0.15) is 5.75 Å². The zero-order valence-electron chi connectivity index (χ0n) is 15.7. The van der Waals surface area contributed by atoms with Crippen LogP contribution in [0.4, 0.5) is 8.78 Å². The van der Waals surface area contributed by atoms with E-state index in [1.54, 1.807) is 0 Å². The average Bonchev–Trinajstić information content (AvgIpc) is 2.50. The summed E-state index contributed by atoms with van der Waals surface area (Å²) in [5.74, 6) is 0.196. The van der Waals surface area contributed by atoms with E-state index in [1.165, 1.54) is 18.2 Å². The Hall–Kier alpha value is -1.36. The molecule has 0 aliphatic heterocycles. The van der Waals surface area contributed by atoms with Gasteiger partial charge in [0.25, 0.3) is 0 Å². The molecule has 10 heteroatoms. The molecule has 0 saturated heterocycles. The summed E-state index contributed by atoms with van der Waals surface area (Å²) in [6.45, 7) is 5.24. The molecule has 6 nitrogen and oxygen atoms in total. The largest absolute Gasteiger partial charge is 0.434 e. The van der Waals surface area contributed by atoms with Gasteiger partial charge >= 0.3 is 6.61 Å². The van der Waals surface area contributed by atoms with E-state index < -0.39 is 6.61 Å². The number of nitrogens with zero attached hydrogens (tertiary/aromatic N) is 1. The van der Waals surface area contributed by atoms with Gasteiger partial charge in [0.2, 0.25) is 5.91 Å². The van der Waals surface area contributed by atoms with Crippen molar-refractivity contribution in [3.05, 3.63) is 28.8 Å². The van der Waals surface area contributed by atoms with Gasteiger partial charge in [-0.15, -0.1) is 24.0 Å². The molecule has 0 aliphatic rings. The normalized spacial score (nSPS) is 11.6. The minimum atomic E-state index is -2.94. The summed E-state index contributed by atoms with van der Waals surface area (Å²) in [6, 6.07) is 4.35. The number of benzene rings is 1. The fourth-order valence-corrected chi connectivity index (χ4v) is 2.21. The molecule has 0 aromatic heterocycles. The van der Waals surface area contributed by atoms with Gasteiger partial charge in [-0.3, -0.25) is 4.79 Å². The van der Waals surface area contributed by atoms with Crippen molar-refractivity contribution >= 4 is 47.4 Å². The number of carbonyl (C=O) groups excluding carboxylic acids is 1. The van der Waals surface area contributed by atoms with E-state index in [-0.39, 0.29) is 54.3 Å². The van der Waals surface area contributed by atoms with Gasteiger partial charge in [-0.05, 0) is 45.9 Å². The van der Waals surface area contributed by atoms with E-state index in [0.29, 0.717) is 23.1 Å². The van der Waals surface area contributed by atoms with Crippen LogP contribution in [0.25, 0.3) is 0 Å². The molecule has 1 aromatic carbocycles. The number of guanidine groups is 1. The molecule has 1 amide bonds. The van der Waals surface area contributed by atoms with Crippen LogP contribution >= 0.6 is 35.6 Å². The van der Waals surface area contributed by atoms with Gasteiger partial charge in [-0.1, -0.05) is 11.6 Å². The van der Waals surface area contributed by atoms with Crippen LogP contribution in [0.2, 0.25) is 5.02 Å². The van der Waals surface area contributed by atoms with Crippen LogP contribution in [0.5, 0.6) is 5.75 Å². The molecule has 0 bridgehead atoms. The number of halogens is 4. The summed E-state index contributed by atoms with van der Waals surface area (Å²) in [6.07, 6.45) is 0. The minimum absolute atomic E-state index is 0. The van der Waals surface area contributed by atoms with Gasteiger partial charge < -0.3 is 20.7 Å². The molecule has 0 atom stereocenters. The quantitative estimate of drug-likeness (QED) is 0.293. The molecule has 1 aromatic rings. The number of ether oxygens (including phenoxy) is 1. The molecule has 27 heavy (non-hydrogen) atoms. The number of hydrogen-bond donors (Lipinski definition) is 3. The Morgan fingerprint density at radius 3 is 2.52 bits per heavy atom. The van der Waals surface area contributed by atoms with Crippen LogP contribution in [0.3, 0.4) is 0 Å². The zero-order valence-corrected chi connectivity index (χ0v) is 18.8. The Kier molecular flexibility index (Phi) is 11.6. The van der Waals surface area contributed by atoms with Crippen molar-refractivity contribution in [3.8, 4) is 5.75 Å². The molecule has 1 rings (SSSR count). The van der Waals surface area contributed by atoms with Gasteiger partial charge in [0.15, 0.2) is 5.96 Å². The van der Waals surface area contributed by atoms with Crippen LogP contribution in [0, 0.1) is 0 Å². The van der Waals surface area contributed by atoms with Crippen molar-refractivity contribution in [2.75, 3.05) is 13.1 Å². The first-order valence-corrected chi connectivity index (χ1v) is 8.55. The number of rotatable bonds is 7. The molecule has 0 heterocycles. The maximum absolute atomic E-state index is 12.5. The SMILES string of the molecule is CCNC(=NCc1cc(Cl)ccc1OC(F)F)NCC(=O)NC(C)(C)C.I. The van der Waals surface area contributed by atoms with Crippen molar-refractivity contribution in [1.29, 1.82) is 0 Å². The van der Waals surface area contributed by atoms with Crippen LogP contribution < -0.4 is 20.7 Å². The highest BCUT2D eigenvalue weighted by Crippen LogP contribution is 2.25. The van der Waals surface area contributed by atoms with Crippen molar-refractivity contribution < 1.29 is 18.3 Å². The third-order valence-corrected chi connectivity index (χ3v) is 3.16. The summed E-state index contributed by atoms with van der Waals surface area (Å²) in [5, 5.41) is 9.09. The third kappa shape index (κ3) is 11.2. The summed E-state index contributed by atoms with van der Waals surface area (Å²) >= 11 is 5.92. The smallest absolute Gasteiger partial charge is 0.387 e. The highest BCUT2D eigenvalue weighted by atomic mass is 127. The lowest BCUT2D eigenvalue weighted by Gasteiger charge is -2.21. The summed E-state index contributed by atoms with van der Waals surface area (Å²) in [4.78, 5) is 16.2. The van der Waals surface area contributed by atoms with Crippen molar-refractivity contribution in [1.82, 2.24) is 16.0 Å². The lowest BCUT2D eigenvalue weighted by atomic mass is 10.1. The van der Waals surface area contributed by atoms with E-state index in [0.717, 1.165) is 0 Å². The fourth-order valence-electron chi connectivity index (χ4n) is 2.01. The second-order valence-electron chi connectivity index (χ2n) is 6.48. The molecule has 0 aliphatic carbocycles. The van der Waals surface area contributed by atoms with E-state index in [1.807, 2.05) is 27.7 Å². The monoisotopic (exact) mass is 518 g/mol. The molecule has 154 valence electrons. The van der Waals surface area contributed by atoms with Crippen molar-refractivity contribution in [2.24, 2.45) is 4.99 Å². The summed E-state index contributed by atoms with van der Waals surface area (Å²) < 4.78 is 29.5. The molecular weight excluding hydrogens is 493 g/mol. The number of aliphatic imine (C=N–C) groups is 1. The van der Waals surface area contributed by atoms with Crippen LogP contribution in [-0.4, -0.2) is 37.1 Å². The van der Waals surface area contributed by atoms with Crippen LogP contribution in [0.1, 0.15) is 33.3 Å². The van der Waals surface area contributed by atoms with Gasteiger partial charge in [0, 0.05) is 22.7 Å². The predicted octanol–water partition coefficient (Wildman–Crippen LogP) is 3.53. The second kappa shape index (κ2) is 12.2. The van der Waals surface area contributed by atoms with Crippen LogP contribution in [0.15, 0.2) is 23.2 Å². The Morgan fingerprint density at radius 1 is 1.30 bits per heavy atom. The molecular formula is C17H26ClF2IN4O2. The first kappa shape index (κ1) is 25.6. The van der Waals surface area contributed by atoms with E-state index in [2.05, 4.69) is 25.7 Å². The minimum Gasteiger partial charge on any atom is -0.434 e. The fraction of sp³-hybridized carbons (Fsp3) is 0.529. The third-order valence-electron chi connectivity index (χ3n) is 2.92. The van der Waals surface area contributed by atoms with E-state index in [4.69, 9.17) is 11.6 Å². The Morgan fingerprint density at radius 2 is 1.96 bits per heavy atom. The summed E-state index contributed by atoms with van der Waals surface area (Å²) in [5.41, 5.74) is 0.0745. The highest BCUT2D eigenvalue weighted by Gasteiger charge is 2.14. The average molecular weight is 519 g/mol. The zero-order chi connectivity index (χ0) is 19.7. The Balaban J connectivity index is 0.00000676. The number of carbonyl (C=O) groups is 1. The maximum Gasteiger partial charge on any atom is 0.387 e. The van der Waals surface area contributed by atoms with Crippen LogP contribution in [-0.2, 0) is 11.3 Å².